The van der Waals surface area contributed by atoms with E-state index in [2.05, 4.69) is 10.6 Å². The second-order valence-electron chi connectivity index (χ2n) is 6.90. The van der Waals surface area contributed by atoms with Crippen LogP contribution in [-0.4, -0.2) is 49.3 Å². The van der Waals surface area contributed by atoms with E-state index in [9.17, 15) is 19.5 Å². The molecule has 0 bridgehead atoms. The van der Waals surface area contributed by atoms with Gasteiger partial charge in [0.25, 0.3) is 11.8 Å². The lowest BCUT2D eigenvalue weighted by atomic mass is 10.1. The number of phenolic OH excluding ortho intramolecular Hbond substituents is 1. The van der Waals surface area contributed by atoms with Gasteiger partial charge in [0, 0.05) is 5.56 Å². The van der Waals surface area contributed by atoms with Gasteiger partial charge in [-0.25, -0.2) is 4.79 Å². The van der Waals surface area contributed by atoms with Crippen LogP contribution in [0.1, 0.15) is 31.1 Å². The summed E-state index contributed by atoms with van der Waals surface area (Å²) in [6.07, 6.45) is 0. The molecule has 0 radical (unpaired) electrons. The molecule has 0 aliphatic carbocycles. The minimum absolute atomic E-state index is 0.0173. The Labute approximate surface area is 194 Å². The van der Waals surface area contributed by atoms with E-state index in [0.29, 0.717) is 11.3 Å². The average molecular weight is 466 g/mol. The van der Waals surface area contributed by atoms with Crippen molar-refractivity contribution >= 4 is 29.2 Å². The molecule has 0 aliphatic heterocycles. The molecule has 0 aromatic heterocycles. The Morgan fingerprint density at radius 3 is 1.94 bits per heavy atom. The molecule has 0 fully saturated rings. The summed E-state index contributed by atoms with van der Waals surface area (Å²) in [5.74, 6) is -2.19. The van der Waals surface area contributed by atoms with Gasteiger partial charge in [-0.3, -0.25) is 9.59 Å². The zero-order chi connectivity index (χ0) is 24.8. The SMILES string of the molecule is COc1ccc(C(=O)Nc2ccc(C(=O)Nc3ccc(C(=O)O)cc3OC)c(O)c2OC)cc1. The second kappa shape index (κ2) is 10.3. The number of carbonyl (C=O) groups excluding carboxylic acids is 2. The average Bonchev–Trinajstić information content (AvgIpc) is 2.84. The predicted molar refractivity (Wildman–Crippen MR) is 124 cm³/mol. The molecule has 0 saturated carbocycles. The third-order valence-corrected chi connectivity index (χ3v) is 4.88. The highest BCUT2D eigenvalue weighted by Gasteiger charge is 2.21. The van der Waals surface area contributed by atoms with Crippen molar-refractivity contribution in [2.45, 2.75) is 0 Å². The molecule has 176 valence electrons. The summed E-state index contributed by atoms with van der Waals surface area (Å²) in [6, 6.07) is 13.1. The van der Waals surface area contributed by atoms with Crippen LogP contribution in [0.2, 0.25) is 0 Å². The van der Waals surface area contributed by atoms with Crippen LogP contribution in [0.25, 0.3) is 0 Å². The fourth-order valence-electron chi connectivity index (χ4n) is 3.11. The molecular weight excluding hydrogens is 444 g/mol. The third-order valence-electron chi connectivity index (χ3n) is 4.88. The Balaban J connectivity index is 1.84. The van der Waals surface area contributed by atoms with Crippen LogP contribution in [-0.2, 0) is 0 Å². The van der Waals surface area contributed by atoms with Crippen LogP contribution >= 0.6 is 0 Å². The monoisotopic (exact) mass is 466 g/mol. The van der Waals surface area contributed by atoms with Gasteiger partial charge in [0.05, 0.1) is 43.8 Å². The van der Waals surface area contributed by atoms with E-state index in [1.165, 1.54) is 51.7 Å². The topological polar surface area (TPSA) is 143 Å². The molecule has 0 unspecified atom stereocenters. The predicted octanol–water partition coefficient (Wildman–Crippen LogP) is 3.62. The highest BCUT2D eigenvalue weighted by Crippen LogP contribution is 2.38. The van der Waals surface area contributed by atoms with Crippen molar-refractivity contribution in [2.75, 3.05) is 32.0 Å². The number of hydrogen-bond donors (Lipinski definition) is 4. The fraction of sp³-hybridized carbons (Fsp3) is 0.125. The Hall–Kier alpha value is -4.73. The van der Waals surface area contributed by atoms with Crippen molar-refractivity contribution in [1.82, 2.24) is 0 Å². The molecule has 3 rings (SSSR count). The molecule has 0 heterocycles. The number of nitrogens with one attached hydrogen (secondary N) is 2. The van der Waals surface area contributed by atoms with E-state index in [4.69, 9.17) is 19.3 Å². The lowest BCUT2D eigenvalue weighted by Crippen LogP contribution is -2.15. The first-order valence-electron chi connectivity index (χ1n) is 9.87. The standard InChI is InChI=1S/C24H22N2O8/c1-32-15-7-4-13(5-8-15)22(28)26-18-11-9-16(20(27)21(18)34-3)23(29)25-17-10-6-14(24(30)31)12-19(17)33-2/h4-12,27H,1-3H3,(H,25,29)(H,26,28)(H,30,31). The third kappa shape index (κ3) is 5.01. The summed E-state index contributed by atoms with van der Waals surface area (Å²) < 4.78 is 15.4. The number of ether oxygens (including phenoxy) is 3. The summed E-state index contributed by atoms with van der Waals surface area (Å²) >= 11 is 0. The van der Waals surface area contributed by atoms with Gasteiger partial charge >= 0.3 is 5.97 Å². The number of aromatic carboxylic acids is 1. The minimum atomic E-state index is -1.15. The van der Waals surface area contributed by atoms with Crippen LogP contribution < -0.4 is 24.8 Å². The smallest absolute Gasteiger partial charge is 0.335 e. The quantitative estimate of drug-likeness (QED) is 0.394. The van der Waals surface area contributed by atoms with Crippen molar-refractivity contribution in [2.24, 2.45) is 0 Å². The van der Waals surface area contributed by atoms with E-state index in [1.54, 1.807) is 24.3 Å². The second-order valence-corrected chi connectivity index (χ2v) is 6.90. The number of carboxylic acids is 1. The number of aromatic hydroxyl groups is 1. The number of benzene rings is 3. The molecule has 3 aromatic rings. The van der Waals surface area contributed by atoms with Gasteiger partial charge in [-0.05, 0) is 54.6 Å². The van der Waals surface area contributed by atoms with Gasteiger partial charge in [0.1, 0.15) is 11.5 Å². The fourth-order valence-corrected chi connectivity index (χ4v) is 3.11. The van der Waals surface area contributed by atoms with E-state index in [1.807, 2.05) is 0 Å². The molecule has 2 amide bonds. The number of hydrogen-bond acceptors (Lipinski definition) is 7. The Bertz CT molecular complexity index is 1240. The van der Waals surface area contributed by atoms with Crippen molar-refractivity contribution in [3.05, 3.63) is 71.3 Å². The van der Waals surface area contributed by atoms with Gasteiger partial charge in [0.2, 0.25) is 0 Å². The maximum absolute atomic E-state index is 12.8. The number of rotatable bonds is 8. The number of carboxylic acid groups (broad SMARTS) is 1. The Morgan fingerprint density at radius 2 is 1.35 bits per heavy atom. The van der Waals surface area contributed by atoms with Gasteiger partial charge in [-0.2, -0.15) is 0 Å². The molecular formula is C24H22N2O8. The summed E-state index contributed by atoms with van der Waals surface area (Å²) in [6.45, 7) is 0. The number of anilines is 2. The van der Waals surface area contributed by atoms with E-state index in [-0.39, 0.29) is 34.0 Å². The minimum Gasteiger partial charge on any atom is -0.504 e. The molecule has 34 heavy (non-hydrogen) atoms. The summed E-state index contributed by atoms with van der Waals surface area (Å²) in [5, 5.41) is 25.0. The highest BCUT2D eigenvalue weighted by atomic mass is 16.5. The van der Waals surface area contributed by atoms with Crippen molar-refractivity contribution in [3.8, 4) is 23.0 Å². The summed E-state index contributed by atoms with van der Waals surface area (Å²) in [5.41, 5.74) is 0.551. The maximum atomic E-state index is 12.8. The number of methoxy groups -OCH3 is 3. The lowest BCUT2D eigenvalue weighted by molar-refractivity contribution is 0.0696. The van der Waals surface area contributed by atoms with Crippen LogP contribution in [0.5, 0.6) is 23.0 Å². The van der Waals surface area contributed by atoms with Gasteiger partial charge in [-0.15, -0.1) is 0 Å². The largest absolute Gasteiger partial charge is 0.504 e. The first-order valence-corrected chi connectivity index (χ1v) is 9.87. The van der Waals surface area contributed by atoms with Crippen LogP contribution in [0.4, 0.5) is 11.4 Å². The van der Waals surface area contributed by atoms with Crippen molar-refractivity contribution in [3.63, 3.8) is 0 Å². The van der Waals surface area contributed by atoms with E-state index < -0.39 is 23.5 Å². The molecule has 0 spiro atoms. The first kappa shape index (κ1) is 23.9. The number of phenols is 1. The zero-order valence-electron chi connectivity index (χ0n) is 18.5. The molecule has 0 atom stereocenters. The normalized spacial score (nSPS) is 10.2. The molecule has 10 heteroatoms. The van der Waals surface area contributed by atoms with Crippen LogP contribution in [0.15, 0.2) is 54.6 Å². The number of amides is 2. The molecule has 10 nitrogen and oxygen atoms in total. The lowest BCUT2D eigenvalue weighted by Gasteiger charge is -2.15. The van der Waals surface area contributed by atoms with Crippen LogP contribution in [0, 0.1) is 0 Å². The molecule has 0 aliphatic rings. The van der Waals surface area contributed by atoms with E-state index in [0.717, 1.165) is 0 Å². The summed E-state index contributed by atoms with van der Waals surface area (Å²) in [4.78, 5) is 36.5. The molecule has 0 saturated heterocycles. The Kier molecular flexibility index (Phi) is 7.22. The Morgan fingerprint density at radius 1 is 0.735 bits per heavy atom. The number of carbonyl (C=O) groups is 3. The molecule has 4 N–H and O–H groups in total. The van der Waals surface area contributed by atoms with Crippen molar-refractivity contribution < 1.29 is 38.8 Å². The highest BCUT2D eigenvalue weighted by molar-refractivity contribution is 6.10. The van der Waals surface area contributed by atoms with Crippen LogP contribution in [0.3, 0.4) is 0 Å². The molecule has 3 aromatic carbocycles. The van der Waals surface area contributed by atoms with Gasteiger partial charge in [0.15, 0.2) is 11.5 Å². The zero-order valence-corrected chi connectivity index (χ0v) is 18.5. The van der Waals surface area contributed by atoms with E-state index >= 15 is 0 Å². The van der Waals surface area contributed by atoms with Gasteiger partial charge in [-0.1, -0.05) is 0 Å². The first-order chi connectivity index (χ1) is 16.3. The maximum Gasteiger partial charge on any atom is 0.335 e. The van der Waals surface area contributed by atoms with Crippen molar-refractivity contribution in [1.29, 1.82) is 0 Å². The summed E-state index contributed by atoms with van der Waals surface area (Å²) in [7, 11) is 4.13. The van der Waals surface area contributed by atoms with Gasteiger partial charge < -0.3 is 35.1 Å².